The molecule has 0 bridgehead atoms. The van der Waals surface area contributed by atoms with Crippen LogP contribution in [0.1, 0.15) is 11.5 Å². The number of para-hydroxylation sites is 1. The van der Waals surface area contributed by atoms with Crippen LogP contribution >= 0.6 is 8.58 Å². The summed E-state index contributed by atoms with van der Waals surface area (Å²) >= 11 is 0. The number of hydrogen-bond acceptors (Lipinski definition) is 3. The number of rotatable bonds is 0. The van der Waals surface area contributed by atoms with E-state index >= 15 is 0 Å². The maximum Gasteiger partial charge on any atom is 0.0525 e. The molecule has 4 heteroatoms. The molecule has 1 aromatic carbocycles. The fraction of sp³-hybridized carbons (Fsp3) is 0.400. The van der Waals surface area contributed by atoms with Crippen LogP contribution in [0.15, 0.2) is 24.3 Å². The Morgan fingerprint density at radius 2 is 2.14 bits per heavy atom. The summed E-state index contributed by atoms with van der Waals surface area (Å²) in [7, 11) is 0.940. The smallest absolute Gasteiger partial charge is 0.0525 e. The lowest BCUT2D eigenvalue weighted by Crippen LogP contribution is -2.32. The maximum absolute atomic E-state index is 3.61. The van der Waals surface area contributed by atoms with Crippen LogP contribution in [-0.4, -0.2) is 18.6 Å². The van der Waals surface area contributed by atoms with E-state index in [1.807, 2.05) is 0 Å². The average molecular weight is 207 g/mol. The van der Waals surface area contributed by atoms with Gasteiger partial charge in [-0.1, -0.05) is 26.8 Å². The molecule has 2 aliphatic heterocycles. The van der Waals surface area contributed by atoms with E-state index in [0.29, 0.717) is 11.7 Å². The number of nitrogens with one attached hydrogen (secondary N) is 3. The highest BCUT2D eigenvalue weighted by Gasteiger charge is 2.32. The van der Waals surface area contributed by atoms with Gasteiger partial charge in [0.25, 0.3) is 0 Å². The Balaban J connectivity index is 1.96. The van der Waals surface area contributed by atoms with E-state index in [4.69, 9.17) is 0 Å². The zero-order valence-corrected chi connectivity index (χ0v) is 8.88. The van der Waals surface area contributed by atoms with Crippen molar-refractivity contribution in [1.29, 1.82) is 0 Å². The molecule has 0 saturated carbocycles. The van der Waals surface area contributed by atoms with E-state index in [0.717, 1.165) is 21.4 Å². The molecule has 0 amide bonds. The number of anilines is 1. The molecule has 0 aromatic heterocycles. The fourth-order valence-electron chi connectivity index (χ4n) is 2.23. The molecule has 0 radical (unpaired) electrons. The van der Waals surface area contributed by atoms with Gasteiger partial charge in [0.15, 0.2) is 0 Å². The molecule has 1 unspecified atom stereocenters. The van der Waals surface area contributed by atoms with Gasteiger partial charge in [-0.3, -0.25) is 10.9 Å². The Hall–Kier alpha value is -0.630. The second-order valence-electron chi connectivity index (χ2n) is 3.75. The summed E-state index contributed by atoms with van der Waals surface area (Å²) in [4.78, 5) is 0. The van der Waals surface area contributed by atoms with Crippen LogP contribution in [0.3, 0.4) is 0 Å². The molecular formula is C10H14N3P. The second-order valence-corrected chi connectivity index (χ2v) is 5.14. The fourth-order valence-corrected chi connectivity index (χ4v) is 3.51. The van der Waals surface area contributed by atoms with Gasteiger partial charge in [0.2, 0.25) is 0 Å². The Bertz CT molecular complexity index is 342. The van der Waals surface area contributed by atoms with Crippen molar-refractivity contribution in [3.05, 3.63) is 29.8 Å². The molecule has 1 aromatic rings. The number of benzene rings is 1. The van der Waals surface area contributed by atoms with E-state index in [1.54, 1.807) is 0 Å². The van der Waals surface area contributed by atoms with Crippen molar-refractivity contribution in [2.45, 2.75) is 11.7 Å². The van der Waals surface area contributed by atoms with Crippen LogP contribution in [0, 0.1) is 0 Å². The third-order valence-electron chi connectivity index (χ3n) is 2.93. The highest BCUT2D eigenvalue weighted by Crippen LogP contribution is 2.42. The summed E-state index contributed by atoms with van der Waals surface area (Å²) in [5.74, 6) is 1.27. The lowest BCUT2D eigenvalue weighted by molar-refractivity contribution is 0.548. The Morgan fingerprint density at radius 3 is 3.14 bits per heavy atom. The molecule has 2 aliphatic rings. The zero-order chi connectivity index (χ0) is 9.38. The highest BCUT2D eigenvalue weighted by molar-refractivity contribution is 7.39. The van der Waals surface area contributed by atoms with Crippen LogP contribution in [0.4, 0.5) is 5.69 Å². The SMILES string of the molecule is c1ccc2c(c1)N[C@H]1PCNNC[C@@H]21. The molecule has 3 rings (SSSR count). The lowest BCUT2D eigenvalue weighted by Gasteiger charge is -2.15. The van der Waals surface area contributed by atoms with Crippen molar-refractivity contribution in [3.63, 3.8) is 0 Å². The van der Waals surface area contributed by atoms with Gasteiger partial charge in [-0.2, -0.15) is 0 Å². The molecule has 2 heterocycles. The van der Waals surface area contributed by atoms with Gasteiger partial charge >= 0.3 is 0 Å². The molecule has 3 N–H and O–H groups in total. The van der Waals surface area contributed by atoms with Gasteiger partial charge in [0.1, 0.15) is 0 Å². The molecule has 1 saturated heterocycles. The van der Waals surface area contributed by atoms with E-state index in [-0.39, 0.29) is 0 Å². The minimum absolute atomic E-state index is 0.634. The molecule has 3 atom stereocenters. The largest absolute Gasteiger partial charge is 0.378 e. The summed E-state index contributed by atoms with van der Waals surface area (Å²) in [5.41, 5.74) is 9.31. The number of hydrogen-bond donors (Lipinski definition) is 3. The molecule has 14 heavy (non-hydrogen) atoms. The van der Waals surface area contributed by atoms with Crippen molar-refractivity contribution in [2.24, 2.45) is 0 Å². The normalized spacial score (nSPS) is 31.7. The van der Waals surface area contributed by atoms with Gasteiger partial charge in [0, 0.05) is 24.4 Å². The Morgan fingerprint density at radius 1 is 1.21 bits per heavy atom. The second kappa shape index (κ2) is 3.50. The first-order valence-electron chi connectivity index (χ1n) is 5.00. The predicted octanol–water partition coefficient (Wildman–Crippen LogP) is 1.27. The maximum atomic E-state index is 3.61. The number of hydrazine groups is 1. The van der Waals surface area contributed by atoms with Gasteiger partial charge in [-0.25, -0.2) is 0 Å². The summed E-state index contributed by atoms with van der Waals surface area (Å²) < 4.78 is 0. The van der Waals surface area contributed by atoms with E-state index in [9.17, 15) is 0 Å². The monoisotopic (exact) mass is 207 g/mol. The van der Waals surface area contributed by atoms with Crippen molar-refractivity contribution in [1.82, 2.24) is 10.9 Å². The van der Waals surface area contributed by atoms with Crippen molar-refractivity contribution < 1.29 is 0 Å². The van der Waals surface area contributed by atoms with Crippen LogP contribution in [0.5, 0.6) is 0 Å². The van der Waals surface area contributed by atoms with Crippen molar-refractivity contribution in [2.75, 3.05) is 18.1 Å². The van der Waals surface area contributed by atoms with E-state index in [2.05, 4.69) is 40.4 Å². The van der Waals surface area contributed by atoms with Crippen LogP contribution in [0.2, 0.25) is 0 Å². The van der Waals surface area contributed by atoms with Crippen LogP contribution < -0.4 is 16.2 Å². The van der Waals surface area contributed by atoms with Gasteiger partial charge in [0.05, 0.1) is 5.78 Å². The lowest BCUT2D eigenvalue weighted by atomic mass is 10.0. The van der Waals surface area contributed by atoms with Gasteiger partial charge in [-0.15, -0.1) is 0 Å². The topological polar surface area (TPSA) is 36.1 Å². The number of fused-ring (bicyclic) bond motifs is 3. The molecule has 74 valence electrons. The first-order chi connectivity index (χ1) is 6.95. The Labute approximate surface area is 85.4 Å². The summed E-state index contributed by atoms with van der Waals surface area (Å²) in [6.45, 7) is 1.03. The van der Waals surface area contributed by atoms with Gasteiger partial charge in [-0.05, 0) is 11.6 Å². The van der Waals surface area contributed by atoms with E-state index in [1.165, 1.54) is 11.3 Å². The van der Waals surface area contributed by atoms with Gasteiger partial charge < -0.3 is 5.32 Å². The summed E-state index contributed by atoms with van der Waals surface area (Å²) in [6, 6.07) is 8.66. The molecule has 3 nitrogen and oxygen atoms in total. The first-order valence-corrected chi connectivity index (χ1v) is 6.28. The molecule has 1 fully saturated rings. The predicted molar refractivity (Wildman–Crippen MR) is 60.9 cm³/mol. The Kier molecular flexibility index (Phi) is 2.17. The van der Waals surface area contributed by atoms with Crippen molar-refractivity contribution >= 4 is 14.3 Å². The average Bonchev–Trinajstić information content (AvgIpc) is 2.42. The third kappa shape index (κ3) is 1.33. The molecule has 0 aliphatic carbocycles. The standard InChI is InChI=1S/C10H14N3P/c1-2-4-9-7(3-1)8-5-11-12-6-14-10(8)13-9/h1-4,8,10-14H,5-6H2/t8-,10-/m0/s1. The van der Waals surface area contributed by atoms with E-state index < -0.39 is 0 Å². The highest BCUT2D eigenvalue weighted by atomic mass is 31.1. The molecular weight excluding hydrogens is 193 g/mol. The van der Waals surface area contributed by atoms with Crippen LogP contribution in [0.25, 0.3) is 0 Å². The minimum atomic E-state index is 0.634. The summed E-state index contributed by atoms with van der Waals surface area (Å²) in [6.07, 6.45) is 1.07. The molecule has 0 spiro atoms. The van der Waals surface area contributed by atoms with Crippen LogP contribution in [-0.2, 0) is 0 Å². The first kappa shape index (κ1) is 8.66. The minimum Gasteiger partial charge on any atom is -0.378 e. The quantitative estimate of drug-likeness (QED) is 0.561. The third-order valence-corrected chi connectivity index (χ3v) is 4.30. The van der Waals surface area contributed by atoms with Crippen molar-refractivity contribution in [3.8, 4) is 0 Å². The summed E-state index contributed by atoms with van der Waals surface area (Å²) in [5, 5.41) is 3.61. The zero-order valence-electron chi connectivity index (χ0n) is 7.88.